The molecule has 2 aromatic carbocycles. The summed E-state index contributed by atoms with van der Waals surface area (Å²) >= 11 is 3.22. The highest BCUT2D eigenvalue weighted by Gasteiger charge is 2.18. The molecule has 4 heteroatoms. The van der Waals surface area contributed by atoms with Crippen LogP contribution in [0.3, 0.4) is 0 Å². The number of rotatable bonds is 4. The average Bonchev–Trinajstić information content (AvgIpc) is 2.37. The molecule has 0 saturated carbocycles. The van der Waals surface area contributed by atoms with Crippen molar-refractivity contribution in [3.05, 3.63) is 69.9 Å². The summed E-state index contributed by atoms with van der Waals surface area (Å²) in [6.45, 7) is 0. The van der Waals surface area contributed by atoms with E-state index in [4.69, 9.17) is 5.73 Å². The van der Waals surface area contributed by atoms with Gasteiger partial charge in [-0.05, 0) is 29.3 Å². The zero-order valence-electron chi connectivity index (χ0n) is 10.3. The van der Waals surface area contributed by atoms with Gasteiger partial charge in [-0.15, -0.1) is 0 Å². The highest BCUT2D eigenvalue weighted by atomic mass is 79.9. The summed E-state index contributed by atoms with van der Waals surface area (Å²) in [5.74, 6) is -0.369. The molecule has 0 fully saturated rings. The van der Waals surface area contributed by atoms with Gasteiger partial charge in [0.25, 0.3) is 0 Å². The fourth-order valence-electron chi connectivity index (χ4n) is 1.97. The molecule has 2 atom stereocenters. The predicted molar refractivity (Wildman–Crippen MR) is 77.2 cm³/mol. The molecule has 0 spiro atoms. The van der Waals surface area contributed by atoms with Gasteiger partial charge in [0.1, 0.15) is 5.82 Å². The molecule has 0 aliphatic heterocycles. The van der Waals surface area contributed by atoms with Gasteiger partial charge in [-0.1, -0.05) is 46.3 Å². The lowest BCUT2D eigenvalue weighted by Gasteiger charge is -2.19. The number of hydrogen-bond donors (Lipinski definition) is 2. The Morgan fingerprint density at radius 3 is 2.47 bits per heavy atom. The van der Waals surface area contributed by atoms with Crippen LogP contribution in [-0.4, -0.2) is 11.2 Å². The molecule has 0 aliphatic rings. The fourth-order valence-corrected chi connectivity index (χ4v) is 2.46. The number of aliphatic hydroxyl groups excluding tert-OH is 1. The molecule has 0 heterocycles. The quantitative estimate of drug-likeness (QED) is 0.907. The zero-order valence-corrected chi connectivity index (χ0v) is 11.8. The van der Waals surface area contributed by atoms with E-state index in [1.807, 2.05) is 30.3 Å². The summed E-state index contributed by atoms with van der Waals surface area (Å²) in [5, 5.41) is 10.1. The molecular formula is C15H15BrFNO. The van der Waals surface area contributed by atoms with Gasteiger partial charge in [-0.25, -0.2) is 4.39 Å². The molecule has 2 aromatic rings. The highest BCUT2D eigenvalue weighted by Crippen LogP contribution is 2.22. The largest absolute Gasteiger partial charge is 0.391 e. The average molecular weight is 324 g/mol. The van der Waals surface area contributed by atoms with Crippen LogP contribution in [0, 0.1) is 5.82 Å². The van der Waals surface area contributed by atoms with Crippen molar-refractivity contribution >= 4 is 15.9 Å². The first kappa shape index (κ1) is 14.2. The Kier molecular flexibility index (Phi) is 4.69. The molecule has 0 saturated heterocycles. The molecule has 2 rings (SSSR count). The second-order valence-corrected chi connectivity index (χ2v) is 5.40. The topological polar surface area (TPSA) is 46.2 Å². The summed E-state index contributed by atoms with van der Waals surface area (Å²) < 4.78 is 13.9. The van der Waals surface area contributed by atoms with Crippen molar-refractivity contribution in [1.29, 1.82) is 0 Å². The first-order chi connectivity index (χ1) is 9.06. The van der Waals surface area contributed by atoms with Crippen LogP contribution in [0.15, 0.2) is 53.0 Å². The molecule has 19 heavy (non-hydrogen) atoms. The van der Waals surface area contributed by atoms with Gasteiger partial charge in [-0.3, -0.25) is 0 Å². The van der Waals surface area contributed by atoms with Crippen LogP contribution in [0.25, 0.3) is 0 Å². The number of hydrogen-bond acceptors (Lipinski definition) is 2. The van der Waals surface area contributed by atoms with Crippen LogP contribution in [0.4, 0.5) is 4.39 Å². The smallest absolute Gasteiger partial charge is 0.124 e. The molecule has 0 aromatic heterocycles. The fraction of sp³-hybridized carbons (Fsp3) is 0.200. The summed E-state index contributed by atoms with van der Waals surface area (Å²) in [5.41, 5.74) is 7.57. The number of aliphatic hydroxyl groups is 1. The molecule has 0 amide bonds. The molecular weight excluding hydrogens is 309 g/mol. The molecule has 100 valence electrons. The Bertz CT molecular complexity index is 527. The van der Waals surface area contributed by atoms with E-state index in [-0.39, 0.29) is 5.82 Å². The van der Waals surface area contributed by atoms with Crippen molar-refractivity contribution < 1.29 is 9.50 Å². The SMILES string of the molecule is N[C@@H](c1cc(F)cc(Br)c1)[C@H](O)Cc1ccccc1. The van der Waals surface area contributed by atoms with Crippen LogP contribution in [0.2, 0.25) is 0 Å². The maximum atomic E-state index is 13.3. The van der Waals surface area contributed by atoms with Gasteiger partial charge in [0.2, 0.25) is 0 Å². The van der Waals surface area contributed by atoms with Crippen molar-refractivity contribution in [2.45, 2.75) is 18.6 Å². The van der Waals surface area contributed by atoms with Crippen molar-refractivity contribution in [2.24, 2.45) is 5.73 Å². The van der Waals surface area contributed by atoms with Crippen LogP contribution >= 0.6 is 15.9 Å². The summed E-state index contributed by atoms with van der Waals surface area (Å²) in [6, 6.07) is 13.4. The number of nitrogens with two attached hydrogens (primary N) is 1. The molecule has 0 bridgehead atoms. The Labute approximate surface area is 120 Å². The first-order valence-electron chi connectivity index (χ1n) is 6.00. The standard InChI is InChI=1S/C15H15BrFNO/c16-12-7-11(8-13(17)9-12)15(18)14(19)6-10-4-2-1-3-5-10/h1-5,7-9,14-15,19H,6,18H2/t14-,15+/m1/s1. The molecule has 0 radical (unpaired) electrons. The van der Waals surface area contributed by atoms with E-state index in [2.05, 4.69) is 15.9 Å². The minimum atomic E-state index is -0.754. The monoisotopic (exact) mass is 323 g/mol. The third-order valence-electron chi connectivity index (χ3n) is 2.97. The van der Waals surface area contributed by atoms with Crippen LogP contribution in [-0.2, 0) is 6.42 Å². The second-order valence-electron chi connectivity index (χ2n) is 4.49. The van der Waals surface area contributed by atoms with E-state index in [1.54, 1.807) is 6.07 Å². The molecule has 3 N–H and O–H groups in total. The van der Waals surface area contributed by atoms with Gasteiger partial charge < -0.3 is 10.8 Å². The number of benzene rings is 2. The Balaban J connectivity index is 2.12. The maximum Gasteiger partial charge on any atom is 0.124 e. The first-order valence-corrected chi connectivity index (χ1v) is 6.79. The van der Waals surface area contributed by atoms with Crippen LogP contribution in [0.5, 0.6) is 0 Å². The molecule has 0 aliphatic carbocycles. The highest BCUT2D eigenvalue weighted by molar-refractivity contribution is 9.10. The second kappa shape index (κ2) is 6.28. The van der Waals surface area contributed by atoms with Crippen LogP contribution in [0.1, 0.15) is 17.2 Å². The van der Waals surface area contributed by atoms with Gasteiger partial charge in [0.15, 0.2) is 0 Å². The third-order valence-corrected chi connectivity index (χ3v) is 3.43. The van der Waals surface area contributed by atoms with E-state index < -0.39 is 12.1 Å². The normalized spacial score (nSPS) is 14.1. The van der Waals surface area contributed by atoms with E-state index in [0.29, 0.717) is 16.5 Å². The zero-order chi connectivity index (χ0) is 13.8. The van der Waals surface area contributed by atoms with Gasteiger partial charge in [0.05, 0.1) is 12.1 Å². The van der Waals surface area contributed by atoms with Crippen molar-refractivity contribution in [1.82, 2.24) is 0 Å². The van der Waals surface area contributed by atoms with Gasteiger partial charge in [0, 0.05) is 10.9 Å². The Hall–Kier alpha value is -1.23. The summed E-state index contributed by atoms with van der Waals surface area (Å²) in [7, 11) is 0. The lowest BCUT2D eigenvalue weighted by Crippen LogP contribution is -2.28. The molecule has 2 nitrogen and oxygen atoms in total. The van der Waals surface area contributed by atoms with Crippen LogP contribution < -0.4 is 5.73 Å². The van der Waals surface area contributed by atoms with Crippen molar-refractivity contribution in [3.63, 3.8) is 0 Å². The summed E-state index contributed by atoms with van der Waals surface area (Å²) in [4.78, 5) is 0. The third kappa shape index (κ3) is 3.86. The summed E-state index contributed by atoms with van der Waals surface area (Å²) in [6.07, 6.45) is -0.313. The Morgan fingerprint density at radius 1 is 1.16 bits per heavy atom. The van der Waals surface area contributed by atoms with Crippen molar-refractivity contribution in [2.75, 3.05) is 0 Å². The van der Waals surface area contributed by atoms with E-state index in [9.17, 15) is 9.50 Å². The van der Waals surface area contributed by atoms with Gasteiger partial charge in [-0.2, -0.15) is 0 Å². The van der Waals surface area contributed by atoms with E-state index in [1.165, 1.54) is 12.1 Å². The minimum Gasteiger partial charge on any atom is -0.391 e. The van der Waals surface area contributed by atoms with Gasteiger partial charge >= 0.3 is 0 Å². The van der Waals surface area contributed by atoms with E-state index in [0.717, 1.165) is 5.56 Å². The maximum absolute atomic E-state index is 13.3. The lowest BCUT2D eigenvalue weighted by atomic mass is 9.97. The predicted octanol–water partition coefficient (Wildman–Crippen LogP) is 3.19. The minimum absolute atomic E-state index is 0.369. The lowest BCUT2D eigenvalue weighted by molar-refractivity contribution is 0.145. The molecule has 0 unspecified atom stereocenters. The van der Waals surface area contributed by atoms with Crippen molar-refractivity contribution in [3.8, 4) is 0 Å². The Morgan fingerprint density at radius 2 is 1.84 bits per heavy atom. The number of halogens is 2. The van der Waals surface area contributed by atoms with E-state index >= 15 is 0 Å².